The summed E-state index contributed by atoms with van der Waals surface area (Å²) in [6.45, 7) is 0. The van der Waals surface area contributed by atoms with E-state index in [2.05, 4.69) is 13.2 Å². The summed E-state index contributed by atoms with van der Waals surface area (Å²) >= 11 is 0. The maximum Gasteiger partial charge on any atom is 0.267 e. The zero-order chi connectivity index (χ0) is 15.6. The van der Waals surface area contributed by atoms with Crippen molar-refractivity contribution in [3.63, 3.8) is 0 Å². The minimum atomic E-state index is -3.92. The molecule has 19 heavy (non-hydrogen) atoms. The van der Waals surface area contributed by atoms with Crippen LogP contribution in [0.5, 0.6) is 0 Å². The predicted octanol–water partition coefficient (Wildman–Crippen LogP) is -0.862. The topological polar surface area (TPSA) is 159 Å². The lowest BCUT2D eigenvalue weighted by molar-refractivity contribution is -0.220. The van der Waals surface area contributed by atoms with Crippen molar-refractivity contribution in [3.05, 3.63) is 0 Å². The van der Waals surface area contributed by atoms with Gasteiger partial charge in [-0.2, -0.15) is 8.42 Å². The molecule has 0 aliphatic heterocycles. The summed E-state index contributed by atoms with van der Waals surface area (Å²) in [7, 11) is -7.78. The lowest BCUT2D eigenvalue weighted by atomic mass is 11.8. The van der Waals surface area contributed by atoms with Crippen LogP contribution < -0.4 is 4.89 Å². The van der Waals surface area contributed by atoms with E-state index in [4.69, 9.17) is 13.0 Å². The first-order chi connectivity index (χ1) is 7.68. The first-order valence-corrected chi connectivity index (χ1v) is 8.87. The third-order valence-electron chi connectivity index (χ3n) is 0.750. The lowest BCUT2D eigenvalue weighted by Gasteiger charge is -2.16. The van der Waals surface area contributed by atoms with Gasteiger partial charge in [-0.05, 0) is 0 Å². The number of hydrogen-bond donors (Lipinski definition) is 0. The molecule has 0 saturated carbocycles. The fourth-order valence-electron chi connectivity index (χ4n) is 0.0745. The van der Waals surface area contributed by atoms with Gasteiger partial charge in [-0.3, -0.25) is 8.75 Å². The van der Waals surface area contributed by atoms with Gasteiger partial charge in [-0.1, -0.05) is 7.43 Å². The third-order valence-corrected chi connectivity index (χ3v) is 2.25. The Hall–Kier alpha value is -0.0700. The number of rotatable bonds is 3. The molecule has 13 heteroatoms. The van der Waals surface area contributed by atoms with Crippen LogP contribution in [0.15, 0.2) is 0 Å². The van der Waals surface area contributed by atoms with E-state index >= 15 is 0 Å². The Morgan fingerprint density at radius 2 is 1.11 bits per heavy atom. The summed E-state index contributed by atoms with van der Waals surface area (Å²) in [6, 6.07) is 0. The Kier molecular flexibility index (Phi) is 16.9. The van der Waals surface area contributed by atoms with Gasteiger partial charge in [0.2, 0.25) is 0 Å². The average Bonchev–Trinajstić information content (AvgIpc) is 2.15. The molecule has 0 atom stereocenters. The van der Waals surface area contributed by atoms with Gasteiger partial charge in [0.25, 0.3) is 17.9 Å². The number of phosphoric acid groups is 1. The van der Waals surface area contributed by atoms with Crippen molar-refractivity contribution in [2.24, 2.45) is 0 Å². The Morgan fingerprint density at radius 1 is 0.947 bits per heavy atom. The molecule has 122 valence electrons. The van der Waals surface area contributed by atoms with Crippen molar-refractivity contribution in [1.82, 2.24) is 0 Å². The lowest BCUT2D eigenvalue weighted by Crippen LogP contribution is -2.02. The highest BCUT2D eigenvalue weighted by Crippen LogP contribution is 2.34. The molecule has 0 aliphatic rings. The summed E-state index contributed by atoms with van der Waals surface area (Å²) < 4.78 is 68.4. The van der Waals surface area contributed by atoms with Crippen LogP contribution in [-0.2, 0) is 38.0 Å². The highest BCUT2D eigenvalue weighted by Gasteiger charge is 1.98. The van der Waals surface area contributed by atoms with Crippen LogP contribution in [0, 0.1) is 0 Å². The Morgan fingerprint density at radius 3 is 1.11 bits per heavy atom. The molecular weight excluding hydrogens is 327 g/mol. The van der Waals surface area contributed by atoms with E-state index in [1.165, 1.54) is 0 Å². The van der Waals surface area contributed by atoms with E-state index in [1.807, 2.05) is 0 Å². The van der Waals surface area contributed by atoms with Gasteiger partial charge in [0, 0.05) is 20.5 Å². The van der Waals surface area contributed by atoms with E-state index in [-0.39, 0.29) is 7.43 Å². The summed E-state index contributed by atoms with van der Waals surface area (Å²) in [5.74, 6) is 0. The van der Waals surface area contributed by atoms with Crippen molar-refractivity contribution in [2.45, 2.75) is 7.43 Å². The quantitative estimate of drug-likeness (QED) is 0.357. The molecule has 0 spiro atoms. The molecule has 0 aliphatic carbocycles. The molecule has 0 aromatic rings. The maximum absolute atomic E-state index is 9.95. The standard InChI is InChI=1S/C2H7O4P.C2H6O3S.CH4O3S.CH4/c1-5-7(3,4)6-2;1-5-6(2,3)4;1-5(2,3)4;/h1-2H3,(H,3,4);1-2H3;1H3,(H,2,3,4);1H4/p-2. The smallest absolute Gasteiger partial charge is 0.267 e. The van der Waals surface area contributed by atoms with Gasteiger partial charge in [0.15, 0.2) is 0 Å². The average molecular weight is 346 g/mol. The fraction of sp³-hybridized carbons (Fsp3) is 1.00. The molecule has 10 nitrogen and oxygen atoms in total. The summed E-state index contributed by atoms with van der Waals surface area (Å²) in [6.07, 6.45) is 1.60. The Balaban J connectivity index is -0.0000000878. The van der Waals surface area contributed by atoms with E-state index < -0.39 is 28.1 Å². The molecule has 0 bridgehead atoms. The third kappa shape index (κ3) is 57.1. The van der Waals surface area contributed by atoms with Gasteiger partial charge < -0.3 is 18.5 Å². The van der Waals surface area contributed by atoms with Crippen LogP contribution in [-0.4, -0.2) is 55.2 Å². The van der Waals surface area contributed by atoms with E-state index in [0.29, 0.717) is 6.26 Å². The van der Waals surface area contributed by atoms with Gasteiger partial charge in [0.1, 0.15) is 0 Å². The van der Waals surface area contributed by atoms with E-state index in [9.17, 15) is 17.9 Å². The number of phosphoric ester groups is 1. The summed E-state index contributed by atoms with van der Waals surface area (Å²) in [4.78, 5) is 9.95. The van der Waals surface area contributed by atoms with Gasteiger partial charge in [-0.25, -0.2) is 8.42 Å². The summed E-state index contributed by atoms with van der Waals surface area (Å²) in [5.41, 5.74) is 0. The summed E-state index contributed by atoms with van der Waals surface area (Å²) in [5, 5.41) is 0. The Bertz CT molecular complexity index is 423. The van der Waals surface area contributed by atoms with Crippen molar-refractivity contribution >= 4 is 28.1 Å². The molecule has 0 N–H and O–H groups in total. The second-order valence-electron chi connectivity index (χ2n) is 2.39. The van der Waals surface area contributed by atoms with Crippen LogP contribution in [0.25, 0.3) is 0 Å². The SMILES string of the molecule is C.COP(=O)([O-])OC.COS(C)(=O)=O.CS(=O)(=O)[O-]. The fourth-order valence-corrected chi connectivity index (χ4v) is 0.224. The minimum absolute atomic E-state index is 0. The highest BCUT2D eigenvalue weighted by molar-refractivity contribution is 7.86. The van der Waals surface area contributed by atoms with Gasteiger partial charge >= 0.3 is 0 Å². The minimum Gasteiger partial charge on any atom is -0.756 e. The second kappa shape index (κ2) is 11.7. The van der Waals surface area contributed by atoms with Crippen LogP contribution in [0.2, 0.25) is 0 Å². The van der Waals surface area contributed by atoms with Crippen molar-refractivity contribution in [2.75, 3.05) is 33.8 Å². The Labute approximate surface area is 114 Å². The van der Waals surface area contributed by atoms with E-state index in [1.54, 1.807) is 0 Å². The van der Waals surface area contributed by atoms with Gasteiger partial charge in [-0.15, -0.1) is 0 Å². The molecule has 0 fully saturated rings. The van der Waals surface area contributed by atoms with Gasteiger partial charge in [0.05, 0.1) is 23.5 Å². The molecule has 0 radical (unpaired) electrons. The first-order valence-electron chi connectivity index (χ1n) is 3.77. The molecule has 0 unspecified atom stereocenters. The molecule has 0 amide bonds. The molecular formula is C6H19O10PS2-2. The molecule has 0 aromatic carbocycles. The van der Waals surface area contributed by atoms with Crippen LogP contribution in [0.1, 0.15) is 7.43 Å². The molecule has 0 rings (SSSR count). The van der Waals surface area contributed by atoms with Crippen molar-refractivity contribution in [3.8, 4) is 0 Å². The second-order valence-corrected chi connectivity index (χ2v) is 7.16. The monoisotopic (exact) mass is 346 g/mol. The molecule has 0 heterocycles. The van der Waals surface area contributed by atoms with Crippen molar-refractivity contribution < 1.29 is 44.1 Å². The molecule has 0 aromatic heterocycles. The highest BCUT2D eigenvalue weighted by atomic mass is 32.2. The maximum atomic E-state index is 9.95. The largest absolute Gasteiger partial charge is 0.756 e. The van der Waals surface area contributed by atoms with Crippen LogP contribution >= 0.6 is 7.82 Å². The zero-order valence-electron chi connectivity index (χ0n) is 10.3. The van der Waals surface area contributed by atoms with E-state index in [0.717, 1.165) is 27.6 Å². The van der Waals surface area contributed by atoms with Crippen molar-refractivity contribution in [1.29, 1.82) is 0 Å². The van der Waals surface area contributed by atoms with Crippen LogP contribution in [0.3, 0.4) is 0 Å². The first kappa shape index (κ1) is 27.3. The zero-order valence-corrected chi connectivity index (χ0v) is 12.9. The normalized spacial score (nSPS) is 11.1. The van der Waals surface area contributed by atoms with Crippen LogP contribution in [0.4, 0.5) is 0 Å². The number of hydrogen-bond acceptors (Lipinski definition) is 10. The predicted molar refractivity (Wildman–Crippen MR) is 65.8 cm³/mol. The molecule has 0 saturated heterocycles.